The Morgan fingerprint density at radius 2 is 1.89 bits per heavy atom. The summed E-state index contributed by atoms with van der Waals surface area (Å²) < 4.78 is 31.8. The third-order valence-electron chi connectivity index (χ3n) is 4.52. The van der Waals surface area contributed by atoms with Gasteiger partial charge in [-0.1, -0.05) is 22.0 Å². The molecule has 0 atom stereocenters. The van der Waals surface area contributed by atoms with E-state index in [1.165, 1.54) is 10.6 Å². The van der Waals surface area contributed by atoms with Gasteiger partial charge in [0.05, 0.1) is 18.5 Å². The van der Waals surface area contributed by atoms with Crippen LogP contribution in [0.3, 0.4) is 0 Å². The third-order valence-corrected chi connectivity index (χ3v) is 6.08. The van der Waals surface area contributed by atoms with Crippen molar-refractivity contribution in [2.45, 2.75) is 18.9 Å². The molecule has 0 N–H and O–H groups in total. The first-order valence-electron chi connectivity index (χ1n) is 8.37. The fourth-order valence-electron chi connectivity index (χ4n) is 3.03. The number of aromatic nitrogens is 5. The summed E-state index contributed by atoms with van der Waals surface area (Å²) >= 11 is 5.89. The second-order valence-electron chi connectivity index (χ2n) is 6.41. The number of sulfonamides is 1. The predicted octanol–water partition coefficient (Wildman–Crippen LogP) is 2.24. The fraction of sp³-hybridized carbons (Fsp3) is 0.375. The maximum Gasteiger partial charge on any atom is 0.258 e. The SMILES string of the molecule is CS(=O)(=O)N1CCC(n2cc(-c3noc(-c4ccc(Cl)cc4)n3)nn2)CC1. The minimum absolute atomic E-state index is 0.0897. The summed E-state index contributed by atoms with van der Waals surface area (Å²) in [6.07, 6.45) is 4.35. The Morgan fingerprint density at radius 3 is 2.56 bits per heavy atom. The topological polar surface area (TPSA) is 107 Å². The normalized spacial score (nSPS) is 16.7. The van der Waals surface area contributed by atoms with Crippen LogP contribution in [0.15, 0.2) is 35.0 Å². The minimum Gasteiger partial charge on any atom is -0.334 e. The van der Waals surface area contributed by atoms with Crippen LogP contribution in [0.25, 0.3) is 23.0 Å². The smallest absolute Gasteiger partial charge is 0.258 e. The van der Waals surface area contributed by atoms with Crippen LogP contribution in [0.5, 0.6) is 0 Å². The van der Waals surface area contributed by atoms with E-state index in [0.717, 1.165) is 5.56 Å². The van der Waals surface area contributed by atoms with Crippen LogP contribution in [0.1, 0.15) is 18.9 Å². The molecule has 1 aliphatic rings. The lowest BCUT2D eigenvalue weighted by molar-refractivity contribution is 0.259. The van der Waals surface area contributed by atoms with E-state index < -0.39 is 10.0 Å². The van der Waals surface area contributed by atoms with Crippen LogP contribution in [-0.4, -0.2) is 57.2 Å². The molecule has 27 heavy (non-hydrogen) atoms. The van der Waals surface area contributed by atoms with Crippen molar-refractivity contribution in [2.24, 2.45) is 0 Å². The Kier molecular flexibility index (Phi) is 4.70. The van der Waals surface area contributed by atoms with Crippen molar-refractivity contribution in [3.05, 3.63) is 35.5 Å². The first-order chi connectivity index (χ1) is 12.9. The molecule has 1 fully saturated rings. The highest BCUT2D eigenvalue weighted by atomic mass is 35.5. The Hall–Kier alpha value is -2.30. The largest absolute Gasteiger partial charge is 0.334 e. The number of hydrogen-bond donors (Lipinski definition) is 0. The van der Waals surface area contributed by atoms with Crippen molar-refractivity contribution in [3.8, 4) is 23.0 Å². The van der Waals surface area contributed by atoms with Gasteiger partial charge in [-0.25, -0.2) is 17.4 Å². The van der Waals surface area contributed by atoms with Crippen molar-refractivity contribution in [3.63, 3.8) is 0 Å². The summed E-state index contributed by atoms with van der Waals surface area (Å²) in [6.45, 7) is 0.948. The summed E-state index contributed by atoms with van der Waals surface area (Å²) in [5.74, 6) is 0.720. The molecule has 0 bridgehead atoms. The van der Waals surface area contributed by atoms with Gasteiger partial charge in [-0.05, 0) is 37.1 Å². The first-order valence-corrected chi connectivity index (χ1v) is 10.6. The van der Waals surface area contributed by atoms with Gasteiger partial charge in [-0.3, -0.25) is 0 Å². The van der Waals surface area contributed by atoms with Gasteiger partial charge in [0.15, 0.2) is 5.69 Å². The molecule has 0 unspecified atom stereocenters. The first kappa shape index (κ1) is 18.1. The van der Waals surface area contributed by atoms with E-state index >= 15 is 0 Å². The zero-order valence-corrected chi connectivity index (χ0v) is 16.1. The molecule has 1 aliphatic heterocycles. The predicted molar refractivity (Wildman–Crippen MR) is 98.4 cm³/mol. The molecule has 9 nitrogen and oxygen atoms in total. The van der Waals surface area contributed by atoms with Crippen LogP contribution < -0.4 is 0 Å². The van der Waals surface area contributed by atoms with E-state index in [9.17, 15) is 8.42 Å². The second-order valence-corrected chi connectivity index (χ2v) is 8.83. The Balaban J connectivity index is 1.48. The maximum absolute atomic E-state index is 11.6. The number of hydrogen-bond acceptors (Lipinski definition) is 7. The molecule has 1 saturated heterocycles. The number of benzene rings is 1. The van der Waals surface area contributed by atoms with Crippen LogP contribution in [0.4, 0.5) is 0 Å². The minimum atomic E-state index is -3.15. The molecule has 0 aliphatic carbocycles. The van der Waals surface area contributed by atoms with E-state index in [1.807, 2.05) is 0 Å². The molecule has 0 amide bonds. The van der Waals surface area contributed by atoms with Gasteiger partial charge in [0.1, 0.15) is 0 Å². The summed E-state index contributed by atoms with van der Waals surface area (Å²) in [7, 11) is -3.15. The molecule has 4 rings (SSSR count). The number of piperidine rings is 1. The molecular weight excluding hydrogens is 392 g/mol. The van der Waals surface area contributed by atoms with Crippen molar-refractivity contribution in [1.82, 2.24) is 29.4 Å². The van der Waals surface area contributed by atoms with Crippen LogP contribution in [0.2, 0.25) is 5.02 Å². The molecule has 3 heterocycles. The van der Waals surface area contributed by atoms with Crippen molar-refractivity contribution < 1.29 is 12.9 Å². The molecule has 1 aromatic carbocycles. The Morgan fingerprint density at radius 1 is 1.19 bits per heavy atom. The second kappa shape index (κ2) is 7.02. The summed E-state index contributed by atoms with van der Waals surface area (Å²) in [6, 6.07) is 7.18. The molecule has 0 spiro atoms. The van der Waals surface area contributed by atoms with Gasteiger partial charge in [0, 0.05) is 23.7 Å². The lowest BCUT2D eigenvalue weighted by Gasteiger charge is -2.29. The summed E-state index contributed by atoms with van der Waals surface area (Å²) in [5.41, 5.74) is 1.27. The zero-order chi connectivity index (χ0) is 19.0. The molecule has 2 aromatic heterocycles. The van der Waals surface area contributed by atoms with E-state index in [4.69, 9.17) is 16.1 Å². The van der Waals surface area contributed by atoms with Crippen LogP contribution >= 0.6 is 11.6 Å². The highest BCUT2D eigenvalue weighted by molar-refractivity contribution is 7.88. The highest BCUT2D eigenvalue weighted by Crippen LogP contribution is 2.26. The number of rotatable bonds is 4. The fourth-order valence-corrected chi connectivity index (χ4v) is 4.03. The van der Waals surface area contributed by atoms with Crippen LogP contribution in [0, 0.1) is 0 Å². The standard InChI is InChI=1S/C16H17ClN6O3S/c1-27(24,25)22-8-6-13(7-9-22)23-10-14(19-21-23)15-18-16(26-20-15)11-2-4-12(17)5-3-11/h2-5,10,13H,6-9H2,1H3. The van der Waals surface area contributed by atoms with Gasteiger partial charge < -0.3 is 4.52 Å². The maximum atomic E-state index is 11.6. The average molecular weight is 409 g/mol. The number of halogens is 1. The van der Waals surface area contributed by atoms with E-state index in [1.54, 1.807) is 35.1 Å². The zero-order valence-electron chi connectivity index (χ0n) is 14.5. The number of nitrogens with zero attached hydrogens (tertiary/aromatic N) is 6. The Labute approximate surface area is 161 Å². The van der Waals surface area contributed by atoms with E-state index in [-0.39, 0.29) is 6.04 Å². The van der Waals surface area contributed by atoms with E-state index in [2.05, 4.69) is 20.5 Å². The third kappa shape index (κ3) is 3.87. The van der Waals surface area contributed by atoms with Gasteiger partial charge in [-0.2, -0.15) is 4.98 Å². The Bertz CT molecular complexity index is 1040. The molecule has 142 valence electrons. The van der Waals surface area contributed by atoms with Gasteiger partial charge in [-0.15, -0.1) is 5.10 Å². The lowest BCUT2D eigenvalue weighted by atomic mass is 10.1. The summed E-state index contributed by atoms with van der Waals surface area (Å²) in [5, 5.41) is 12.9. The van der Waals surface area contributed by atoms with Crippen molar-refractivity contribution in [1.29, 1.82) is 0 Å². The van der Waals surface area contributed by atoms with Crippen molar-refractivity contribution in [2.75, 3.05) is 19.3 Å². The highest BCUT2D eigenvalue weighted by Gasteiger charge is 2.27. The van der Waals surface area contributed by atoms with Gasteiger partial charge in [0.25, 0.3) is 5.89 Å². The van der Waals surface area contributed by atoms with Crippen molar-refractivity contribution >= 4 is 21.6 Å². The lowest BCUT2D eigenvalue weighted by Crippen LogP contribution is -2.38. The molecule has 0 radical (unpaired) electrons. The molecule has 3 aromatic rings. The monoisotopic (exact) mass is 408 g/mol. The molecule has 0 saturated carbocycles. The molecule has 11 heteroatoms. The van der Waals surface area contributed by atoms with Crippen LogP contribution in [-0.2, 0) is 10.0 Å². The van der Waals surface area contributed by atoms with E-state index in [0.29, 0.717) is 48.4 Å². The van der Waals surface area contributed by atoms with Gasteiger partial charge >= 0.3 is 0 Å². The average Bonchev–Trinajstić information content (AvgIpc) is 3.31. The quantitative estimate of drug-likeness (QED) is 0.651. The van der Waals surface area contributed by atoms with Gasteiger partial charge in [0.2, 0.25) is 15.8 Å². The summed E-state index contributed by atoms with van der Waals surface area (Å²) in [4.78, 5) is 4.36. The molecular formula is C16H17ClN6O3S.